The van der Waals surface area contributed by atoms with Gasteiger partial charge in [-0.25, -0.2) is 0 Å². The summed E-state index contributed by atoms with van der Waals surface area (Å²) < 4.78 is 7.26. The Morgan fingerprint density at radius 1 is 1.44 bits per heavy atom. The van der Waals surface area contributed by atoms with Crippen LogP contribution >= 0.6 is 11.6 Å². The average Bonchev–Trinajstić information content (AvgIpc) is 2.54. The highest BCUT2D eigenvalue weighted by Crippen LogP contribution is 2.18. The van der Waals surface area contributed by atoms with Gasteiger partial charge in [0.25, 0.3) is 0 Å². The molecule has 84 valence electrons. The maximum atomic E-state index is 5.84. The second-order valence-electron chi connectivity index (χ2n) is 3.43. The van der Waals surface area contributed by atoms with Crippen molar-refractivity contribution < 1.29 is 4.74 Å². The van der Waals surface area contributed by atoms with E-state index in [2.05, 4.69) is 5.10 Å². The van der Waals surface area contributed by atoms with E-state index in [1.807, 2.05) is 19.2 Å². The van der Waals surface area contributed by atoms with Crippen LogP contribution in [0, 0.1) is 0 Å². The lowest BCUT2D eigenvalue weighted by atomic mass is 10.3. The normalized spacial score (nSPS) is 10.4. The zero-order valence-corrected chi connectivity index (χ0v) is 9.61. The molecule has 2 rings (SSSR count). The molecule has 0 saturated carbocycles. The van der Waals surface area contributed by atoms with Gasteiger partial charge in [-0.05, 0) is 18.2 Å². The van der Waals surface area contributed by atoms with E-state index in [9.17, 15) is 0 Å². The third kappa shape index (κ3) is 2.46. The van der Waals surface area contributed by atoms with Crippen molar-refractivity contribution >= 4 is 17.4 Å². The minimum Gasteiger partial charge on any atom is -0.487 e. The Hall–Kier alpha value is -1.68. The number of nitrogens with two attached hydrogens (primary N) is 1. The predicted octanol–water partition coefficient (Wildman–Crippen LogP) is 2.23. The first-order chi connectivity index (χ1) is 7.65. The molecule has 16 heavy (non-hydrogen) atoms. The molecule has 2 N–H and O–H groups in total. The molecule has 0 aliphatic carbocycles. The first kappa shape index (κ1) is 10.8. The molecule has 0 fully saturated rings. The molecule has 1 heterocycles. The van der Waals surface area contributed by atoms with Crippen LogP contribution in [0.15, 0.2) is 30.3 Å². The summed E-state index contributed by atoms with van der Waals surface area (Å²) in [5.74, 6) is 1.22. The van der Waals surface area contributed by atoms with Gasteiger partial charge in [0.05, 0.1) is 5.69 Å². The molecule has 0 unspecified atom stereocenters. The van der Waals surface area contributed by atoms with Gasteiger partial charge in [-0.2, -0.15) is 5.10 Å². The van der Waals surface area contributed by atoms with Crippen LogP contribution in [0.4, 0.5) is 5.82 Å². The van der Waals surface area contributed by atoms with Crippen molar-refractivity contribution in [1.29, 1.82) is 0 Å². The summed E-state index contributed by atoms with van der Waals surface area (Å²) in [6.07, 6.45) is 0. The molecule has 1 aromatic carbocycles. The van der Waals surface area contributed by atoms with Crippen molar-refractivity contribution in [2.75, 3.05) is 5.73 Å². The highest BCUT2D eigenvalue weighted by Gasteiger charge is 2.03. The van der Waals surface area contributed by atoms with Crippen molar-refractivity contribution in [3.05, 3.63) is 41.0 Å². The summed E-state index contributed by atoms with van der Waals surface area (Å²) in [6.45, 7) is 0.418. The second-order valence-corrected chi connectivity index (χ2v) is 3.87. The van der Waals surface area contributed by atoms with E-state index in [0.717, 1.165) is 11.4 Å². The minimum absolute atomic E-state index is 0.418. The lowest BCUT2D eigenvalue weighted by Gasteiger charge is -2.06. The topological polar surface area (TPSA) is 53.1 Å². The van der Waals surface area contributed by atoms with Gasteiger partial charge in [0.2, 0.25) is 0 Å². The summed E-state index contributed by atoms with van der Waals surface area (Å²) >= 11 is 5.84. The summed E-state index contributed by atoms with van der Waals surface area (Å²) in [5.41, 5.74) is 6.48. The first-order valence-corrected chi connectivity index (χ1v) is 5.20. The summed E-state index contributed by atoms with van der Waals surface area (Å²) in [6, 6.07) is 9.04. The number of halogens is 1. The van der Waals surface area contributed by atoms with Crippen molar-refractivity contribution in [1.82, 2.24) is 9.78 Å². The number of hydrogen-bond acceptors (Lipinski definition) is 3. The number of nitrogen functional groups attached to an aromatic ring is 1. The number of aromatic nitrogens is 2. The van der Waals surface area contributed by atoms with Crippen molar-refractivity contribution in [2.45, 2.75) is 6.61 Å². The van der Waals surface area contributed by atoms with Crippen LogP contribution in [0.25, 0.3) is 0 Å². The van der Waals surface area contributed by atoms with E-state index >= 15 is 0 Å². The quantitative estimate of drug-likeness (QED) is 0.891. The van der Waals surface area contributed by atoms with Crippen LogP contribution in [0.1, 0.15) is 5.69 Å². The van der Waals surface area contributed by atoms with Crippen LogP contribution in [0.2, 0.25) is 5.02 Å². The Morgan fingerprint density at radius 3 is 2.88 bits per heavy atom. The third-order valence-corrected chi connectivity index (χ3v) is 2.41. The zero-order chi connectivity index (χ0) is 11.5. The van der Waals surface area contributed by atoms with E-state index in [1.54, 1.807) is 22.9 Å². The number of aryl methyl sites for hydroxylation is 1. The van der Waals surface area contributed by atoms with Crippen LogP contribution in [0.3, 0.4) is 0 Å². The molecule has 0 bridgehead atoms. The van der Waals surface area contributed by atoms with Gasteiger partial charge < -0.3 is 10.5 Å². The van der Waals surface area contributed by atoms with Gasteiger partial charge in [0.15, 0.2) is 0 Å². The van der Waals surface area contributed by atoms with Crippen LogP contribution in [0.5, 0.6) is 5.75 Å². The molecule has 0 aliphatic heterocycles. The van der Waals surface area contributed by atoms with Gasteiger partial charge in [0, 0.05) is 18.1 Å². The molecule has 0 atom stereocenters. The van der Waals surface area contributed by atoms with Gasteiger partial charge in [-0.15, -0.1) is 0 Å². The molecule has 0 amide bonds. The molecule has 1 aromatic heterocycles. The standard InChI is InChI=1S/C11H12ClN3O/c1-15-9(6-11(13)14-15)7-16-10-4-2-3-8(12)5-10/h2-6H,7H2,1H3,(H2,13,14). The largest absolute Gasteiger partial charge is 0.487 e. The number of rotatable bonds is 3. The lowest BCUT2D eigenvalue weighted by molar-refractivity contribution is 0.295. The minimum atomic E-state index is 0.418. The number of hydrogen-bond donors (Lipinski definition) is 1. The summed E-state index contributed by atoms with van der Waals surface area (Å²) in [5, 5.41) is 4.68. The van der Waals surface area contributed by atoms with Gasteiger partial charge >= 0.3 is 0 Å². The Morgan fingerprint density at radius 2 is 2.25 bits per heavy atom. The average molecular weight is 238 g/mol. The monoisotopic (exact) mass is 237 g/mol. The van der Waals surface area contributed by atoms with Crippen molar-refractivity contribution in [3.8, 4) is 5.75 Å². The molecule has 4 nitrogen and oxygen atoms in total. The molecular formula is C11H12ClN3O. The summed E-state index contributed by atoms with van der Waals surface area (Å²) in [7, 11) is 1.83. The molecule has 0 radical (unpaired) electrons. The Bertz CT molecular complexity index is 496. The Balaban J connectivity index is 2.05. The van der Waals surface area contributed by atoms with Crippen molar-refractivity contribution in [3.63, 3.8) is 0 Å². The molecule has 0 aliphatic rings. The third-order valence-electron chi connectivity index (χ3n) is 2.18. The fourth-order valence-corrected chi connectivity index (χ4v) is 1.56. The first-order valence-electron chi connectivity index (χ1n) is 4.82. The second kappa shape index (κ2) is 4.45. The molecular weight excluding hydrogens is 226 g/mol. The fourth-order valence-electron chi connectivity index (χ4n) is 1.38. The number of benzene rings is 1. The van der Waals surface area contributed by atoms with Crippen molar-refractivity contribution in [2.24, 2.45) is 7.05 Å². The SMILES string of the molecule is Cn1nc(N)cc1COc1cccc(Cl)c1. The van der Waals surface area contributed by atoms with Crippen LogP contribution < -0.4 is 10.5 Å². The van der Waals surface area contributed by atoms with Gasteiger partial charge in [0.1, 0.15) is 18.2 Å². The lowest BCUT2D eigenvalue weighted by Crippen LogP contribution is -2.02. The Labute approximate surface area is 98.6 Å². The maximum Gasteiger partial charge on any atom is 0.145 e. The van der Waals surface area contributed by atoms with E-state index < -0.39 is 0 Å². The molecule has 0 saturated heterocycles. The molecule has 5 heteroatoms. The fraction of sp³-hybridized carbons (Fsp3) is 0.182. The number of ether oxygens (including phenoxy) is 1. The molecule has 2 aromatic rings. The van der Waals surface area contributed by atoms with Gasteiger partial charge in [-0.3, -0.25) is 4.68 Å². The highest BCUT2D eigenvalue weighted by molar-refractivity contribution is 6.30. The molecule has 0 spiro atoms. The van der Waals surface area contributed by atoms with Crippen LogP contribution in [-0.4, -0.2) is 9.78 Å². The zero-order valence-electron chi connectivity index (χ0n) is 8.85. The maximum absolute atomic E-state index is 5.84. The van der Waals surface area contributed by atoms with Crippen LogP contribution in [-0.2, 0) is 13.7 Å². The predicted molar refractivity (Wildman–Crippen MR) is 63.4 cm³/mol. The van der Waals surface area contributed by atoms with Gasteiger partial charge in [-0.1, -0.05) is 17.7 Å². The number of anilines is 1. The van der Waals surface area contributed by atoms with E-state index in [-0.39, 0.29) is 0 Å². The van der Waals surface area contributed by atoms with E-state index in [1.165, 1.54) is 0 Å². The number of nitrogens with zero attached hydrogens (tertiary/aromatic N) is 2. The smallest absolute Gasteiger partial charge is 0.145 e. The van der Waals surface area contributed by atoms with E-state index in [0.29, 0.717) is 17.4 Å². The highest BCUT2D eigenvalue weighted by atomic mass is 35.5. The van der Waals surface area contributed by atoms with E-state index in [4.69, 9.17) is 22.1 Å². The Kier molecular flexibility index (Phi) is 3.01. The summed E-state index contributed by atoms with van der Waals surface area (Å²) in [4.78, 5) is 0.